The van der Waals surface area contributed by atoms with Gasteiger partial charge < -0.3 is 15.2 Å². The van der Waals surface area contributed by atoms with E-state index in [1.165, 1.54) is 6.07 Å². The maximum atomic E-state index is 13.0. The van der Waals surface area contributed by atoms with Gasteiger partial charge in [-0.2, -0.15) is 5.10 Å². The first-order valence-electron chi connectivity index (χ1n) is 6.52. The number of ether oxygens (including phenoxy) is 1. The molecule has 1 aromatic carbocycles. The van der Waals surface area contributed by atoms with Crippen LogP contribution in [-0.2, 0) is 0 Å². The molecule has 0 bridgehead atoms. The van der Waals surface area contributed by atoms with Crippen LogP contribution in [0.3, 0.4) is 0 Å². The molecule has 0 aliphatic heterocycles. The number of carbonyl (C=O) groups is 1. The quantitative estimate of drug-likeness (QED) is 0.747. The summed E-state index contributed by atoms with van der Waals surface area (Å²) in [5.74, 6) is -2.35. The van der Waals surface area contributed by atoms with E-state index < -0.39 is 23.6 Å². The summed E-state index contributed by atoms with van der Waals surface area (Å²) in [5, 5.41) is 18.6. The standard InChI is InChI=1S/C14H15F2N3O3/c1-8-4-13(19-18-8)14(21)17-6-9(20)7-22-10-2-3-11(15)12(16)5-10/h2-5,9,20H,6-7H2,1H3,(H,17,21)(H,18,19). The molecule has 1 aromatic heterocycles. The van der Waals surface area contributed by atoms with E-state index in [1.807, 2.05) is 0 Å². The van der Waals surface area contributed by atoms with Crippen LogP contribution >= 0.6 is 0 Å². The molecule has 1 unspecified atom stereocenters. The third-order valence-corrected chi connectivity index (χ3v) is 2.77. The summed E-state index contributed by atoms with van der Waals surface area (Å²) in [6.45, 7) is 1.52. The molecule has 2 rings (SSSR count). The Hall–Kier alpha value is -2.48. The summed E-state index contributed by atoms with van der Waals surface area (Å²) in [6, 6.07) is 4.63. The van der Waals surface area contributed by atoms with Crippen molar-refractivity contribution in [1.82, 2.24) is 15.5 Å². The zero-order valence-electron chi connectivity index (χ0n) is 11.8. The normalized spacial score (nSPS) is 12.0. The number of aryl methyl sites for hydroxylation is 1. The van der Waals surface area contributed by atoms with Crippen LogP contribution in [0.5, 0.6) is 5.75 Å². The number of nitrogens with zero attached hydrogens (tertiary/aromatic N) is 1. The minimum atomic E-state index is -1.03. The lowest BCUT2D eigenvalue weighted by Gasteiger charge is -2.13. The number of hydrogen-bond acceptors (Lipinski definition) is 4. The Labute approximate surface area is 125 Å². The van der Waals surface area contributed by atoms with Gasteiger partial charge in [0.25, 0.3) is 5.91 Å². The molecule has 0 radical (unpaired) electrons. The fourth-order valence-electron chi connectivity index (χ4n) is 1.65. The van der Waals surface area contributed by atoms with Crippen LogP contribution in [0.2, 0.25) is 0 Å². The van der Waals surface area contributed by atoms with Gasteiger partial charge >= 0.3 is 0 Å². The van der Waals surface area contributed by atoms with E-state index in [-0.39, 0.29) is 24.6 Å². The highest BCUT2D eigenvalue weighted by Crippen LogP contribution is 2.15. The van der Waals surface area contributed by atoms with Crippen molar-refractivity contribution >= 4 is 5.91 Å². The van der Waals surface area contributed by atoms with Crippen LogP contribution < -0.4 is 10.1 Å². The van der Waals surface area contributed by atoms with Crippen molar-refractivity contribution in [3.63, 3.8) is 0 Å². The predicted octanol–water partition coefficient (Wildman–Crippen LogP) is 1.17. The molecule has 0 fully saturated rings. The largest absolute Gasteiger partial charge is 0.491 e. The second-order valence-corrected chi connectivity index (χ2v) is 4.69. The highest BCUT2D eigenvalue weighted by Gasteiger charge is 2.12. The summed E-state index contributed by atoms with van der Waals surface area (Å²) in [4.78, 5) is 11.7. The third kappa shape index (κ3) is 4.26. The second kappa shape index (κ2) is 6.99. The van der Waals surface area contributed by atoms with Gasteiger partial charge in [-0.15, -0.1) is 0 Å². The number of hydrogen-bond donors (Lipinski definition) is 3. The Morgan fingerprint density at radius 2 is 2.18 bits per heavy atom. The maximum absolute atomic E-state index is 13.0. The number of aliphatic hydroxyl groups is 1. The average Bonchev–Trinajstić information content (AvgIpc) is 2.92. The van der Waals surface area contributed by atoms with Gasteiger partial charge in [-0.3, -0.25) is 9.89 Å². The molecule has 2 aromatic rings. The molecule has 118 valence electrons. The number of aromatic amines is 1. The number of aliphatic hydroxyl groups excluding tert-OH is 1. The number of amides is 1. The van der Waals surface area contributed by atoms with Gasteiger partial charge in [0.2, 0.25) is 0 Å². The molecule has 1 amide bonds. The first-order chi connectivity index (χ1) is 10.5. The summed E-state index contributed by atoms with van der Waals surface area (Å²) < 4.78 is 30.8. The lowest BCUT2D eigenvalue weighted by atomic mass is 10.3. The SMILES string of the molecule is Cc1cc(C(=O)NCC(O)COc2ccc(F)c(F)c2)n[nH]1. The highest BCUT2D eigenvalue weighted by atomic mass is 19.2. The van der Waals surface area contributed by atoms with Gasteiger partial charge in [-0.25, -0.2) is 8.78 Å². The highest BCUT2D eigenvalue weighted by molar-refractivity contribution is 5.92. The summed E-state index contributed by atoms with van der Waals surface area (Å²) >= 11 is 0. The third-order valence-electron chi connectivity index (χ3n) is 2.77. The van der Waals surface area contributed by atoms with Crippen LogP contribution in [0.4, 0.5) is 8.78 Å². The molecule has 22 heavy (non-hydrogen) atoms. The number of halogens is 2. The fraction of sp³-hybridized carbons (Fsp3) is 0.286. The van der Waals surface area contributed by atoms with Crippen LogP contribution in [0.15, 0.2) is 24.3 Å². The molecule has 1 heterocycles. The van der Waals surface area contributed by atoms with Crippen molar-refractivity contribution in [3.05, 3.63) is 47.3 Å². The van der Waals surface area contributed by atoms with Crippen LogP contribution in [-0.4, -0.2) is 40.5 Å². The Kier molecular flexibility index (Phi) is 5.05. The minimum absolute atomic E-state index is 0.0611. The topological polar surface area (TPSA) is 87.2 Å². The van der Waals surface area contributed by atoms with Crippen LogP contribution in [0, 0.1) is 18.6 Å². The average molecular weight is 311 g/mol. The zero-order valence-corrected chi connectivity index (χ0v) is 11.8. The number of H-pyrrole nitrogens is 1. The number of nitrogens with one attached hydrogen (secondary N) is 2. The van der Waals surface area contributed by atoms with Gasteiger partial charge in [-0.05, 0) is 25.1 Å². The van der Waals surface area contributed by atoms with E-state index in [2.05, 4.69) is 15.5 Å². The summed E-state index contributed by atoms with van der Waals surface area (Å²) in [6.07, 6.45) is -1.00. The van der Waals surface area contributed by atoms with Gasteiger partial charge in [0.05, 0.1) is 0 Å². The van der Waals surface area contributed by atoms with E-state index >= 15 is 0 Å². The number of aromatic nitrogens is 2. The van der Waals surface area contributed by atoms with Crippen molar-refractivity contribution in [2.45, 2.75) is 13.0 Å². The van der Waals surface area contributed by atoms with Crippen LogP contribution in [0.25, 0.3) is 0 Å². The van der Waals surface area contributed by atoms with E-state index in [0.717, 1.165) is 17.8 Å². The lowest BCUT2D eigenvalue weighted by Crippen LogP contribution is -2.35. The number of carbonyl (C=O) groups excluding carboxylic acids is 1. The number of benzene rings is 1. The Morgan fingerprint density at radius 1 is 1.41 bits per heavy atom. The fourth-order valence-corrected chi connectivity index (χ4v) is 1.65. The van der Waals surface area contributed by atoms with Gasteiger partial charge in [-0.1, -0.05) is 0 Å². The molecule has 0 aliphatic carbocycles. The van der Waals surface area contributed by atoms with Crippen molar-refractivity contribution in [2.75, 3.05) is 13.2 Å². The molecule has 8 heteroatoms. The molecule has 1 atom stereocenters. The smallest absolute Gasteiger partial charge is 0.271 e. The molecule has 6 nitrogen and oxygen atoms in total. The van der Waals surface area contributed by atoms with E-state index in [4.69, 9.17) is 4.74 Å². The van der Waals surface area contributed by atoms with Crippen molar-refractivity contribution in [1.29, 1.82) is 0 Å². The molecule has 3 N–H and O–H groups in total. The van der Waals surface area contributed by atoms with E-state index in [0.29, 0.717) is 0 Å². The second-order valence-electron chi connectivity index (χ2n) is 4.69. The molecule has 0 spiro atoms. The first kappa shape index (κ1) is 15.9. The van der Waals surface area contributed by atoms with Crippen molar-refractivity contribution in [3.8, 4) is 5.75 Å². The maximum Gasteiger partial charge on any atom is 0.271 e. The van der Waals surface area contributed by atoms with E-state index in [9.17, 15) is 18.7 Å². The monoisotopic (exact) mass is 311 g/mol. The molecule has 0 saturated heterocycles. The van der Waals surface area contributed by atoms with Crippen molar-refractivity contribution in [2.24, 2.45) is 0 Å². The Balaban J connectivity index is 1.77. The van der Waals surface area contributed by atoms with Gasteiger partial charge in [0, 0.05) is 18.3 Å². The Bertz CT molecular complexity index is 661. The van der Waals surface area contributed by atoms with Crippen molar-refractivity contribution < 1.29 is 23.4 Å². The summed E-state index contributed by atoms with van der Waals surface area (Å²) in [5.41, 5.74) is 0.957. The summed E-state index contributed by atoms with van der Waals surface area (Å²) in [7, 11) is 0. The van der Waals surface area contributed by atoms with Gasteiger partial charge in [0.15, 0.2) is 11.6 Å². The molecule has 0 saturated carbocycles. The number of rotatable bonds is 6. The Morgan fingerprint density at radius 3 is 2.82 bits per heavy atom. The lowest BCUT2D eigenvalue weighted by molar-refractivity contribution is 0.0839. The zero-order chi connectivity index (χ0) is 16.1. The molecular weight excluding hydrogens is 296 g/mol. The van der Waals surface area contributed by atoms with Crippen LogP contribution in [0.1, 0.15) is 16.2 Å². The molecule has 0 aliphatic rings. The van der Waals surface area contributed by atoms with E-state index in [1.54, 1.807) is 13.0 Å². The minimum Gasteiger partial charge on any atom is -0.491 e. The van der Waals surface area contributed by atoms with Gasteiger partial charge in [0.1, 0.15) is 24.2 Å². The first-order valence-corrected chi connectivity index (χ1v) is 6.52. The molecular formula is C14H15F2N3O3. The predicted molar refractivity (Wildman–Crippen MR) is 73.5 cm³/mol.